The van der Waals surface area contributed by atoms with Gasteiger partial charge in [0.2, 0.25) is 0 Å². The highest BCUT2D eigenvalue weighted by atomic mass is 16.7. The highest BCUT2D eigenvalue weighted by molar-refractivity contribution is 5.98. The molecule has 228 valence electrons. The number of hydrogen-bond acceptors (Lipinski definition) is 7. The molecule has 0 radical (unpaired) electrons. The van der Waals surface area contributed by atoms with Gasteiger partial charge in [0.25, 0.3) is 0 Å². The summed E-state index contributed by atoms with van der Waals surface area (Å²) in [7, 11) is 3.40. The maximum atomic E-state index is 13.8. The van der Waals surface area contributed by atoms with Crippen LogP contribution in [0.5, 0.6) is 0 Å². The Balaban J connectivity index is 1.33. The van der Waals surface area contributed by atoms with Gasteiger partial charge in [-0.25, -0.2) is 0 Å². The molecule has 2 heterocycles. The molecule has 0 aromatic rings. The zero-order chi connectivity index (χ0) is 29.1. The molecule has 2 aliphatic heterocycles. The summed E-state index contributed by atoms with van der Waals surface area (Å²) in [5.41, 5.74) is 0.854. The molecule has 7 nitrogen and oxygen atoms in total. The Hall–Kier alpha value is -1.80. The molecule has 3 aliphatic carbocycles. The average Bonchev–Trinajstić information content (AvgIpc) is 3.53. The molecule has 0 amide bonds. The minimum Gasteiger partial charge on any atom is -0.458 e. The Kier molecular flexibility index (Phi) is 10.2. The van der Waals surface area contributed by atoms with E-state index in [4.69, 9.17) is 23.7 Å². The van der Waals surface area contributed by atoms with E-state index in [1.54, 1.807) is 14.2 Å². The SMILES string of the molecule is CC/C=C/[C@H]1CCCC[C@@H](C)C(=O)C2=CC3C(C=CC4CC(O[C@@H]5O[C@@H](C)C[C@@H](OC)[C@H]5OC)CC43)C2CC(=O)O1. The van der Waals surface area contributed by atoms with Gasteiger partial charge in [0.05, 0.1) is 24.7 Å². The van der Waals surface area contributed by atoms with Gasteiger partial charge < -0.3 is 23.7 Å². The van der Waals surface area contributed by atoms with Crippen molar-refractivity contribution in [2.24, 2.45) is 35.5 Å². The third-order valence-corrected chi connectivity index (χ3v) is 10.2. The maximum Gasteiger partial charge on any atom is 0.307 e. The fourth-order valence-electron chi connectivity index (χ4n) is 8.08. The van der Waals surface area contributed by atoms with E-state index in [2.05, 4.69) is 38.2 Å². The van der Waals surface area contributed by atoms with E-state index >= 15 is 0 Å². The van der Waals surface area contributed by atoms with Crippen LogP contribution in [0.4, 0.5) is 0 Å². The molecule has 0 N–H and O–H groups in total. The number of hydrogen-bond donors (Lipinski definition) is 0. The molecule has 6 unspecified atom stereocenters. The fourth-order valence-corrected chi connectivity index (χ4v) is 8.08. The zero-order valence-corrected chi connectivity index (χ0v) is 25.5. The molecule has 0 spiro atoms. The molecule has 1 saturated carbocycles. The summed E-state index contributed by atoms with van der Waals surface area (Å²) in [5.74, 6) is 0.961. The normalized spacial score (nSPS) is 43.5. The monoisotopic (exact) mass is 570 g/mol. The molecular weight excluding hydrogens is 520 g/mol. The van der Waals surface area contributed by atoms with E-state index in [0.29, 0.717) is 11.8 Å². The first-order valence-electron chi connectivity index (χ1n) is 16.0. The van der Waals surface area contributed by atoms with Crippen molar-refractivity contribution < 1.29 is 33.3 Å². The van der Waals surface area contributed by atoms with Crippen LogP contribution >= 0.6 is 0 Å². The Morgan fingerprint density at radius 2 is 1.80 bits per heavy atom. The van der Waals surface area contributed by atoms with E-state index in [0.717, 1.165) is 56.9 Å². The number of carbonyl (C=O) groups is 2. The van der Waals surface area contributed by atoms with Crippen molar-refractivity contribution in [2.75, 3.05) is 14.2 Å². The molecule has 5 aliphatic rings. The lowest BCUT2D eigenvalue weighted by molar-refractivity contribution is -0.285. The lowest BCUT2D eigenvalue weighted by atomic mass is 9.70. The maximum absolute atomic E-state index is 13.8. The third-order valence-electron chi connectivity index (χ3n) is 10.2. The van der Waals surface area contributed by atoms with Crippen LogP contribution in [-0.2, 0) is 33.3 Å². The quantitative estimate of drug-likeness (QED) is 0.288. The summed E-state index contributed by atoms with van der Waals surface area (Å²) in [6, 6.07) is 0. The van der Waals surface area contributed by atoms with Gasteiger partial charge in [-0.05, 0) is 80.8 Å². The number of cyclic esters (lactones) is 1. The number of fused-ring (bicyclic) bond motifs is 5. The number of allylic oxidation sites excluding steroid dienone is 5. The fraction of sp³-hybridized carbons (Fsp3) is 0.765. The molecular formula is C34H50O7. The van der Waals surface area contributed by atoms with Crippen LogP contribution in [0.15, 0.2) is 36.0 Å². The standard InChI is InChI=1S/C34H50O7/c1-6-7-11-23-12-9-8-10-20(2)32(36)29-18-27-25(28(29)19-31(35)40-23)14-13-22-16-24(17-26(22)27)41-34-33(38-5)30(37-4)15-21(3)39-34/h7,11,13-14,18,20-28,30,33-34H,6,8-10,12,15-17,19H2,1-5H3/b11-7+/t20-,21+,22?,23+,24?,25?,26?,27?,28?,30-,33-,34+/m1/s1. The second kappa shape index (κ2) is 13.7. The number of rotatable bonds is 6. The third kappa shape index (κ3) is 6.74. The van der Waals surface area contributed by atoms with E-state index in [9.17, 15) is 9.59 Å². The number of ketones is 1. The summed E-state index contributed by atoms with van der Waals surface area (Å²) >= 11 is 0. The van der Waals surface area contributed by atoms with Gasteiger partial charge in [0, 0.05) is 32.5 Å². The summed E-state index contributed by atoms with van der Waals surface area (Å²) in [6.07, 6.45) is 17.4. The van der Waals surface area contributed by atoms with Crippen molar-refractivity contribution in [1.82, 2.24) is 0 Å². The predicted octanol–water partition coefficient (Wildman–Crippen LogP) is 5.97. The molecule has 41 heavy (non-hydrogen) atoms. The molecule has 0 aromatic carbocycles. The Morgan fingerprint density at radius 1 is 1.00 bits per heavy atom. The van der Waals surface area contributed by atoms with E-state index in [1.165, 1.54) is 0 Å². The van der Waals surface area contributed by atoms with E-state index in [-0.39, 0.29) is 72.4 Å². The van der Waals surface area contributed by atoms with Gasteiger partial charge in [-0.2, -0.15) is 0 Å². The van der Waals surface area contributed by atoms with Crippen molar-refractivity contribution in [1.29, 1.82) is 0 Å². The Labute approximate surface area is 246 Å². The van der Waals surface area contributed by atoms with Crippen molar-refractivity contribution in [3.05, 3.63) is 36.0 Å². The van der Waals surface area contributed by atoms with E-state index in [1.807, 2.05) is 13.0 Å². The first-order valence-corrected chi connectivity index (χ1v) is 16.0. The van der Waals surface area contributed by atoms with Gasteiger partial charge in [-0.15, -0.1) is 0 Å². The number of methoxy groups -OCH3 is 2. The predicted molar refractivity (Wildman–Crippen MR) is 156 cm³/mol. The van der Waals surface area contributed by atoms with Crippen LogP contribution in [0.3, 0.4) is 0 Å². The van der Waals surface area contributed by atoms with Crippen LogP contribution < -0.4 is 0 Å². The van der Waals surface area contributed by atoms with Crippen LogP contribution in [-0.4, -0.2) is 62.8 Å². The lowest BCUT2D eigenvalue weighted by Gasteiger charge is -2.40. The summed E-state index contributed by atoms with van der Waals surface area (Å²) < 4.78 is 30.2. The molecule has 12 atom stereocenters. The largest absolute Gasteiger partial charge is 0.458 e. The van der Waals surface area contributed by atoms with Crippen molar-refractivity contribution in [3.8, 4) is 0 Å². The molecule has 5 rings (SSSR count). The van der Waals surface area contributed by atoms with Crippen LogP contribution in [0.2, 0.25) is 0 Å². The number of carbonyl (C=O) groups excluding carboxylic acids is 2. The highest BCUT2D eigenvalue weighted by Gasteiger charge is 2.51. The lowest BCUT2D eigenvalue weighted by Crippen LogP contribution is -2.51. The Morgan fingerprint density at radius 3 is 2.56 bits per heavy atom. The minimum atomic E-state index is -0.470. The van der Waals surface area contributed by atoms with Crippen molar-refractivity contribution in [2.45, 2.75) is 115 Å². The molecule has 0 aromatic heterocycles. The van der Waals surface area contributed by atoms with Crippen molar-refractivity contribution in [3.63, 3.8) is 0 Å². The van der Waals surface area contributed by atoms with Crippen LogP contribution in [0.25, 0.3) is 0 Å². The average molecular weight is 571 g/mol. The van der Waals surface area contributed by atoms with Crippen molar-refractivity contribution >= 4 is 11.8 Å². The molecule has 2 saturated heterocycles. The highest BCUT2D eigenvalue weighted by Crippen LogP contribution is 2.54. The van der Waals surface area contributed by atoms with Gasteiger partial charge >= 0.3 is 5.97 Å². The van der Waals surface area contributed by atoms with Crippen LogP contribution in [0.1, 0.15) is 78.6 Å². The first kappa shape index (κ1) is 30.7. The number of esters is 1. The Bertz CT molecular complexity index is 1020. The zero-order valence-electron chi connectivity index (χ0n) is 25.5. The second-order valence-electron chi connectivity index (χ2n) is 13.0. The summed E-state index contributed by atoms with van der Waals surface area (Å²) in [5, 5.41) is 0. The van der Waals surface area contributed by atoms with Gasteiger partial charge in [0.1, 0.15) is 12.2 Å². The topological polar surface area (TPSA) is 80.3 Å². The van der Waals surface area contributed by atoms with Gasteiger partial charge in [-0.1, -0.05) is 44.6 Å². The van der Waals surface area contributed by atoms with Gasteiger partial charge in [-0.3, -0.25) is 9.59 Å². The molecule has 3 fully saturated rings. The summed E-state index contributed by atoms with van der Waals surface area (Å²) in [6.45, 7) is 6.20. The number of ether oxygens (including phenoxy) is 5. The van der Waals surface area contributed by atoms with E-state index < -0.39 is 6.29 Å². The second-order valence-corrected chi connectivity index (χ2v) is 13.0. The number of Topliss-reactive ketones (excluding diaryl/α,β-unsaturated/α-hetero) is 1. The smallest absolute Gasteiger partial charge is 0.307 e. The minimum absolute atomic E-state index is 0.0336. The summed E-state index contributed by atoms with van der Waals surface area (Å²) in [4.78, 5) is 27.0. The van der Waals surface area contributed by atoms with Gasteiger partial charge in [0.15, 0.2) is 12.1 Å². The molecule has 7 heteroatoms. The molecule has 0 bridgehead atoms. The first-order chi connectivity index (χ1) is 19.8. The van der Waals surface area contributed by atoms with Crippen LogP contribution in [0, 0.1) is 35.5 Å².